The molecule has 4 heteroatoms. The van der Waals surface area contributed by atoms with E-state index in [1.165, 1.54) is 12.1 Å². The highest BCUT2D eigenvalue weighted by atomic mass is 19.1. The van der Waals surface area contributed by atoms with Crippen molar-refractivity contribution in [3.05, 3.63) is 65.5 Å². The van der Waals surface area contributed by atoms with E-state index < -0.39 is 5.60 Å². The molecular weight excluding hydrogens is 305 g/mol. The fourth-order valence-corrected chi connectivity index (χ4v) is 2.65. The summed E-state index contributed by atoms with van der Waals surface area (Å²) in [4.78, 5) is 2.30. The second-order valence-electron chi connectivity index (χ2n) is 5.98. The third kappa shape index (κ3) is 4.56. The van der Waals surface area contributed by atoms with Crippen LogP contribution in [-0.4, -0.2) is 36.2 Å². The third-order valence-corrected chi connectivity index (χ3v) is 4.39. The standard InChI is InChI=1S/C20H26FNO2/c1-4-22(5-2)14-15-24-19-12-8-17(9-13-19)20(3,23)16-6-10-18(21)11-7-16/h6-13,23H,4-5,14-15H2,1-3H3/t20-/m1/s1. The van der Waals surface area contributed by atoms with Crippen LogP contribution >= 0.6 is 0 Å². The van der Waals surface area contributed by atoms with Crippen LogP contribution < -0.4 is 4.74 Å². The third-order valence-electron chi connectivity index (χ3n) is 4.39. The number of halogens is 1. The lowest BCUT2D eigenvalue weighted by atomic mass is 9.88. The zero-order valence-corrected chi connectivity index (χ0v) is 14.6. The molecule has 24 heavy (non-hydrogen) atoms. The van der Waals surface area contributed by atoms with Gasteiger partial charge in [-0.2, -0.15) is 0 Å². The first-order valence-electron chi connectivity index (χ1n) is 8.41. The molecule has 0 fully saturated rings. The maximum Gasteiger partial charge on any atom is 0.123 e. The van der Waals surface area contributed by atoms with Crippen molar-refractivity contribution < 1.29 is 14.2 Å². The van der Waals surface area contributed by atoms with E-state index in [1.807, 2.05) is 24.3 Å². The van der Waals surface area contributed by atoms with Crippen LogP contribution in [0.3, 0.4) is 0 Å². The van der Waals surface area contributed by atoms with Crippen LogP contribution in [0, 0.1) is 5.82 Å². The van der Waals surface area contributed by atoms with Crippen LogP contribution in [0.5, 0.6) is 5.75 Å². The van der Waals surface area contributed by atoms with Gasteiger partial charge in [-0.15, -0.1) is 0 Å². The lowest BCUT2D eigenvalue weighted by molar-refractivity contribution is 0.102. The molecule has 0 amide bonds. The van der Waals surface area contributed by atoms with E-state index in [0.717, 1.165) is 30.9 Å². The quantitative estimate of drug-likeness (QED) is 0.798. The summed E-state index contributed by atoms with van der Waals surface area (Å²) in [7, 11) is 0. The molecule has 0 unspecified atom stereocenters. The average molecular weight is 331 g/mol. The van der Waals surface area contributed by atoms with Gasteiger partial charge >= 0.3 is 0 Å². The zero-order chi connectivity index (χ0) is 17.6. The largest absolute Gasteiger partial charge is 0.492 e. The SMILES string of the molecule is CCN(CC)CCOc1ccc([C@](C)(O)c2ccc(F)cc2)cc1. The van der Waals surface area contributed by atoms with Gasteiger partial charge in [-0.05, 0) is 55.4 Å². The molecule has 0 aliphatic rings. The summed E-state index contributed by atoms with van der Waals surface area (Å²) in [6.45, 7) is 9.53. The molecule has 1 N–H and O–H groups in total. The predicted octanol–water partition coefficient (Wildman–Crippen LogP) is 3.80. The molecule has 0 bridgehead atoms. The normalized spacial score (nSPS) is 13.8. The van der Waals surface area contributed by atoms with E-state index in [-0.39, 0.29) is 5.82 Å². The number of ether oxygens (including phenoxy) is 1. The topological polar surface area (TPSA) is 32.7 Å². The molecule has 0 radical (unpaired) electrons. The first-order chi connectivity index (χ1) is 11.5. The van der Waals surface area contributed by atoms with E-state index in [0.29, 0.717) is 12.2 Å². The Labute approximate surface area is 143 Å². The average Bonchev–Trinajstić information content (AvgIpc) is 2.59. The Morgan fingerprint density at radius 3 is 1.96 bits per heavy atom. The molecule has 0 spiro atoms. The monoisotopic (exact) mass is 331 g/mol. The molecule has 0 heterocycles. The van der Waals surface area contributed by atoms with Crippen molar-refractivity contribution in [3.8, 4) is 5.75 Å². The lowest BCUT2D eigenvalue weighted by Crippen LogP contribution is -2.27. The van der Waals surface area contributed by atoms with E-state index in [4.69, 9.17) is 4.74 Å². The van der Waals surface area contributed by atoms with E-state index in [9.17, 15) is 9.50 Å². The maximum atomic E-state index is 13.1. The van der Waals surface area contributed by atoms with Crippen molar-refractivity contribution in [2.45, 2.75) is 26.4 Å². The van der Waals surface area contributed by atoms with Crippen molar-refractivity contribution >= 4 is 0 Å². The fourth-order valence-electron chi connectivity index (χ4n) is 2.65. The molecule has 0 saturated carbocycles. The van der Waals surface area contributed by atoms with Crippen LogP contribution in [0.2, 0.25) is 0 Å². The minimum Gasteiger partial charge on any atom is -0.492 e. The summed E-state index contributed by atoms with van der Waals surface area (Å²) in [5.41, 5.74) is 0.220. The van der Waals surface area contributed by atoms with Gasteiger partial charge in [-0.1, -0.05) is 38.1 Å². The highest BCUT2D eigenvalue weighted by molar-refractivity contribution is 5.38. The Bertz CT molecular complexity index is 619. The summed E-state index contributed by atoms with van der Waals surface area (Å²) >= 11 is 0. The van der Waals surface area contributed by atoms with Crippen molar-refractivity contribution in [1.29, 1.82) is 0 Å². The van der Waals surface area contributed by atoms with Crippen LogP contribution in [0.15, 0.2) is 48.5 Å². The Hall–Kier alpha value is -1.91. The van der Waals surface area contributed by atoms with Gasteiger partial charge in [-0.25, -0.2) is 4.39 Å². The highest BCUT2D eigenvalue weighted by Crippen LogP contribution is 2.30. The van der Waals surface area contributed by atoms with Gasteiger partial charge in [0.25, 0.3) is 0 Å². The van der Waals surface area contributed by atoms with Gasteiger partial charge in [0.1, 0.15) is 23.8 Å². The number of nitrogens with zero attached hydrogens (tertiary/aromatic N) is 1. The molecule has 0 aliphatic carbocycles. The molecule has 2 rings (SSSR count). The Balaban J connectivity index is 2.01. The van der Waals surface area contributed by atoms with Gasteiger partial charge < -0.3 is 14.7 Å². The van der Waals surface area contributed by atoms with E-state index in [2.05, 4.69) is 18.7 Å². The molecule has 2 aromatic carbocycles. The number of rotatable bonds is 8. The smallest absolute Gasteiger partial charge is 0.123 e. The van der Waals surface area contributed by atoms with E-state index in [1.54, 1.807) is 19.1 Å². The second-order valence-corrected chi connectivity index (χ2v) is 5.98. The van der Waals surface area contributed by atoms with Gasteiger partial charge in [0.05, 0.1) is 0 Å². The van der Waals surface area contributed by atoms with E-state index >= 15 is 0 Å². The number of aliphatic hydroxyl groups is 1. The Kier molecular flexibility index (Phi) is 6.35. The van der Waals surface area contributed by atoms with Gasteiger partial charge in [-0.3, -0.25) is 0 Å². The summed E-state index contributed by atoms with van der Waals surface area (Å²) in [6.07, 6.45) is 0. The van der Waals surface area contributed by atoms with Crippen LogP contribution in [0.1, 0.15) is 31.9 Å². The van der Waals surface area contributed by atoms with Gasteiger partial charge in [0, 0.05) is 6.54 Å². The van der Waals surface area contributed by atoms with Crippen molar-refractivity contribution in [2.24, 2.45) is 0 Å². The minimum absolute atomic E-state index is 0.313. The highest BCUT2D eigenvalue weighted by Gasteiger charge is 2.25. The number of likely N-dealkylation sites (N-methyl/N-ethyl adjacent to an activating group) is 1. The summed E-state index contributed by atoms with van der Waals surface area (Å²) in [5, 5.41) is 10.8. The predicted molar refractivity (Wildman–Crippen MR) is 94.8 cm³/mol. The molecule has 1 atom stereocenters. The van der Waals surface area contributed by atoms with Crippen molar-refractivity contribution in [2.75, 3.05) is 26.2 Å². The number of hydrogen-bond acceptors (Lipinski definition) is 3. The number of benzene rings is 2. The molecule has 0 saturated heterocycles. The zero-order valence-electron chi connectivity index (χ0n) is 14.6. The van der Waals surface area contributed by atoms with Crippen molar-refractivity contribution in [3.63, 3.8) is 0 Å². The minimum atomic E-state index is -1.17. The van der Waals surface area contributed by atoms with Crippen LogP contribution in [-0.2, 0) is 5.60 Å². The fraction of sp³-hybridized carbons (Fsp3) is 0.400. The van der Waals surface area contributed by atoms with Gasteiger partial charge in [0.15, 0.2) is 0 Å². The Morgan fingerprint density at radius 2 is 1.46 bits per heavy atom. The second kappa shape index (κ2) is 8.27. The Morgan fingerprint density at radius 1 is 0.958 bits per heavy atom. The van der Waals surface area contributed by atoms with Gasteiger partial charge in [0.2, 0.25) is 0 Å². The first kappa shape index (κ1) is 18.4. The molecule has 0 aromatic heterocycles. The summed E-state index contributed by atoms with van der Waals surface area (Å²) in [5.74, 6) is 0.465. The van der Waals surface area contributed by atoms with Crippen LogP contribution in [0.25, 0.3) is 0 Å². The molecule has 130 valence electrons. The molecular formula is C20H26FNO2. The summed E-state index contributed by atoms with van der Waals surface area (Å²) < 4.78 is 18.8. The maximum absolute atomic E-state index is 13.1. The summed E-state index contributed by atoms with van der Waals surface area (Å²) in [6, 6.07) is 13.3. The molecule has 0 aliphatic heterocycles. The van der Waals surface area contributed by atoms with Crippen molar-refractivity contribution in [1.82, 2.24) is 4.90 Å². The lowest BCUT2D eigenvalue weighted by Gasteiger charge is -2.25. The first-order valence-corrected chi connectivity index (χ1v) is 8.41. The molecule has 2 aromatic rings. The molecule has 3 nitrogen and oxygen atoms in total. The van der Waals surface area contributed by atoms with Crippen LogP contribution in [0.4, 0.5) is 4.39 Å². The number of hydrogen-bond donors (Lipinski definition) is 1.